The monoisotopic (exact) mass is 322 g/mol. The van der Waals surface area contributed by atoms with E-state index in [0.29, 0.717) is 16.6 Å². The number of carbonyl (C=O) groups is 2. The molecule has 2 rings (SSSR count). The standard InChI is InChI=1S/C14H15ClN4O3/c15-10-1-3-11(4-2-10)22-8-6-14(21)17-13-5-7-19(18-13)9-12(16)20/h1-5,7H,6,8-9H2,(H2,16,20)(H,17,18,21). The van der Waals surface area contributed by atoms with Gasteiger partial charge in [0, 0.05) is 17.3 Å². The first-order valence-electron chi connectivity index (χ1n) is 6.53. The van der Waals surface area contributed by atoms with Crippen LogP contribution >= 0.6 is 11.6 Å². The second-order valence-electron chi connectivity index (χ2n) is 4.47. The van der Waals surface area contributed by atoms with E-state index in [2.05, 4.69) is 10.4 Å². The zero-order valence-electron chi connectivity index (χ0n) is 11.7. The zero-order chi connectivity index (χ0) is 15.9. The molecule has 0 fully saturated rings. The average Bonchev–Trinajstić information content (AvgIpc) is 2.87. The van der Waals surface area contributed by atoms with Crippen molar-refractivity contribution >= 4 is 29.2 Å². The maximum absolute atomic E-state index is 11.7. The van der Waals surface area contributed by atoms with Crippen molar-refractivity contribution in [1.29, 1.82) is 0 Å². The highest BCUT2D eigenvalue weighted by Gasteiger charge is 2.06. The largest absolute Gasteiger partial charge is 0.493 e. The Kier molecular flexibility index (Phi) is 5.37. The highest BCUT2D eigenvalue weighted by molar-refractivity contribution is 6.30. The van der Waals surface area contributed by atoms with Crippen LogP contribution in [0.2, 0.25) is 5.02 Å². The summed E-state index contributed by atoms with van der Waals surface area (Å²) in [6.07, 6.45) is 1.73. The SMILES string of the molecule is NC(=O)Cn1ccc(NC(=O)CCOc2ccc(Cl)cc2)n1. The van der Waals surface area contributed by atoms with Gasteiger partial charge in [-0.05, 0) is 24.3 Å². The lowest BCUT2D eigenvalue weighted by atomic mass is 10.3. The van der Waals surface area contributed by atoms with Crippen LogP contribution in [0.1, 0.15) is 6.42 Å². The number of benzene rings is 1. The minimum absolute atomic E-state index is 0.0322. The van der Waals surface area contributed by atoms with Crippen molar-refractivity contribution in [2.24, 2.45) is 5.73 Å². The molecule has 1 aromatic heterocycles. The highest BCUT2D eigenvalue weighted by atomic mass is 35.5. The zero-order valence-corrected chi connectivity index (χ0v) is 12.4. The summed E-state index contributed by atoms with van der Waals surface area (Å²) in [7, 11) is 0. The van der Waals surface area contributed by atoms with Gasteiger partial charge in [0.15, 0.2) is 5.82 Å². The fourth-order valence-electron chi connectivity index (χ4n) is 1.67. The molecule has 22 heavy (non-hydrogen) atoms. The lowest BCUT2D eigenvalue weighted by molar-refractivity contribution is -0.118. The molecular weight excluding hydrogens is 308 g/mol. The van der Waals surface area contributed by atoms with Crippen molar-refractivity contribution < 1.29 is 14.3 Å². The third kappa shape index (κ3) is 5.10. The van der Waals surface area contributed by atoms with E-state index in [1.165, 1.54) is 4.68 Å². The number of hydrogen-bond acceptors (Lipinski definition) is 4. The van der Waals surface area contributed by atoms with Gasteiger partial charge in [-0.1, -0.05) is 11.6 Å². The maximum Gasteiger partial charge on any atom is 0.239 e. The molecule has 2 aromatic rings. The van der Waals surface area contributed by atoms with Gasteiger partial charge in [0.1, 0.15) is 12.3 Å². The summed E-state index contributed by atoms with van der Waals surface area (Å²) < 4.78 is 6.77. The van der Waals surface area contributed by atoms with Gasteiger partial charge in [-0.2, -0.15) is 5.10 Å². The van der Waals surface area contributed by atoms with Gasteiger partial charge < -0.3 is 15.8 Å². The molecule has 0 unspecified atom stereocenters. The summed E-state index contributed by atoms with van der Waals surface area (Å²) in [6.45, 7) is 0.199. The molecule has 1 heterocycles. The molecule has 0 saturated carbocycles. The fourth-order valence-corrected chi connectivity index (χ4v) is 1.80. The number of nitrogens with two attached hydrogens (primary N) is 1. The molecule has 0 atom stereocenters. The first kappa shape index (κ1) is 15.8. The number of hydrogen-bond donors (Lipinski definition) is 2. The molecule has 3 N–H and O–H groups in total. The number of primary amides is 1. The second-order valence-corrected chi connectivity index (χ2v) is 4.90. The number of anilines is 1. The number of ether oxygens (including phenoxy) is 1. The molecule has 0 radical (unpaired) electrons. The van der Waals surface area contributed by atoms with Crippen molar-refractivity contribution in [2.75, 3.05) is 11.9 Å². The van der Waals surface area contributed by atoms with E-state index in [1.807, 2.05) is 0 Å². The van der Waals surface area contributed by atoms with Gasteiger partial charge in [-0.15, -0.1) is 0 Å². The third-order valence-corrected chi connectivity index (χ3v) is 2.89. The minimum Gasteiger partial charge on any atom is -0.493 e. The number of nitrogens with one attached hydrogen (secondary N) is 1. The minimum atomic E-state index is -0.502. The summed E-state index contributed by atoms with van der Waals surface area (Å²) in [5, 5.41) is 7.22. The van der Waals surface area contributed by atoms with Gasteiger partial charge in [-0.3, -0.25) is 14.3 Å². The van der Waals surface area contributed by atoms with E-state index in [0.717, 1.165) is 0 Å². The van der Waals surface area contributed by atoms with E-state index in [4.69, 9.17) is 22.1 Å². The lowest BCUT2D eigenvalue weighted by Crippen LogP contribution is -2.19. The molecule has 0 bridgehead atoms. The molecule has 0 aliphatic heterocycles. The normalized spacial score (nSPS) is 10.2. The van der Waals surface area contributed by atoms with Gasteiger partial charge in [0.05, 0.1) is 13.0 Å². The molecule has 0 spiro atoms. The van der Waals surface area contributed by atoms with Crippen molar-refractivity contribution in [3.05, 3.63) is 41.6 Å². The Morgan fingerprint density at radius 2 is 2.00 bits per heavy atom. The first-order chi connectivity index (χ1) is 10.5. The Hall–Kier alpha value is -2.54. The van der Waals surface area contributed by atoms with Crippen LogP contribution in [0.15, 0.2) is 36.5 Å². The Morgan fingerprint density at radius 3 is 2.68 bits per heavy atom. The molecule has 0 saturated heterocycles. The summed E-state index contributed by atoms with van der Waals surface area (Å²) >= 11 is 5.76. The van der Waals surface area contributed by atoms with Crippen LogP contribution in [0, 0.1) is 0 Å². The van der Waals surface area contributed by atoms with Crippen LogP contribution in [-0.4, -0.2) is 28.2 Å². The predicted molar refractivity (Wildman–Crippen MR) is 81.6 cm³/mol. The molecule has 7 nitrogen and oxygen atoms in total. The van der Waals surface area contributed by atoms with Crippen LogP contribution in [0.25, 0.3) is 0 Å². The summed E-state index contributed by atoms with van der Waals surface area (Å²) in [4.78, 5) is 22.5. The number of carbonyl (C=O) groups excluding carboxylic acids is 2. The molecule has 2 amide bonds. The molecular formula is C14H15ClN4O3. The number of halogens is 1. The third-order valence-electron chi connectivity index (χ3n) is 2.64. The summed E-state index contributed by atoms with van der Waals surface area (Å²) in [5.41, 5.74) is 5.05. The summed E-state index contributed by atoms with van der Waals surface area (Å²) in [5.74, 6) is 0.260. The van der Waals surface area contributed by atoms with E-state index >= 15 is 0 Å². The van der Waals surface area contributed by atoms with E-state index in [9.17, 15) is 9.59 Å². The molecule has 8 heteroatoms. The number of nitrogens with zero attached hydrogens (tertiary/aromatic N) is 2. The molecule has 116 valence electrons. The van der Waals surface area contributed by atoms with Crippen LogP contribution in [-0.2, 0) is 16.1 Å². The van der Waals surface area contributed by atoms with Crippen molar-refractivity contribution in [2.45, 2.75) is 13.0 Å². The predicted octanol–water partition coefficient (Wildman–Crippen LogP) is 1.43. The van der Waals surface area contributed by atoms with E-state index < -0.39 is 5.91 Å². The Morgan fingerprint density at radius 1 is 1.27 bits per heavy atom. The van der Waals surface area contributed by atoms with E-state index in [1.54, 1.807) is 36.5 Å². The number of aromatic nitrogens is 2. The van der Waals surface area contributed by atoms with Crippen LogP contribution in [0.3, 0.4) is 0 Å². The quantitative estimate of drug-likeness (QED) is 0.805. The Bertz CT molecular complexity index is 654. The van der Waals surface area contributed by atoms with Gasteiger partial charge in [0.2, 0.25) is 11.8 Å². The van der Waals surface area contributed by atoms with Gasteiger partial charge in [0.25, 0.3) is 0 Å². The molecule has 0 aliphatic rings. The summed E-state index contributed by atoms with van der Waals surface area (Å²) in [6, 6.07) is 8.46. The first-order valence-corrected chi connectivity index (χ1v) is 6.91. The van der Waals surface area contributed by atoms with Crippen molar-refractivity contribution in [1.82, 2.24) is 9.78 Å². The fraction of sp³-hybridized carbons (Fsp3) is 0.214. The molecule has 0 aliphatic carbocycles. The number of rotatable bonds is 7. The molecule has 1 aromatic carbocycles. The van der Waals surface area contributed by atoms with E-state index in [-0.39, 0.29) is 25.5 Å². The maximum atomic E-state index is 11.7. The Balaban J connectivity index is 1.74. The van der Waals surface area contributed by atoms with Crippen molar-refractivity contribution in [3.8, 4) is 5.75 Å². The Labute approximate surface area is 132 Å². The highest BCUT2D eigenvalue weighted by Crippen LogP contribution is 2.15. The van der Waals surface area contributed by atoms with Crippen molar-refractivity contribution in [3.63, 3.8) is 0 Å². The van der Waals surface area contributed by atoms with Crippen LogP contribution in [0.5, 0.6) is 5.75 Å². The number of amides is 2. The average molecular weight is 323 g/mol. The van der Waals surface area contributed by atoms with Gasteiger partial charge in [-0.25, -0.2) is 0 Å². The van der Waals surface area contributed by atoms with Gasteiger partial charge >= 0.3 is 0 Å². The smallest absolute Gasteiger partial charge is 0.239 e. The second kappa shape index (κ2) is 7.46. The van der Waals surface area contributed by atoms with Crippen LogP contribution in [0.4, 0.5) is 5.82 Å². The topological polar surface area (TPSA) is 99.2 Å². The van der Waals surface area contributed by atoms with Crippen LogP contribution < -0.4 is 15.8 Å². The lowest BCUT2D eigenvalue weighted by Gasteiger charge is -2.06.